The number of aromatic nitrogens is 2. The molecule has 9 heteroatoms. The molecular weight excluding hydrogens is 494 g/mol. The standard InChI is InChI=1S/C30H35N5O4/c1-20(36)30(37)35-11-6-25(7-12-35)39-28-5-4-22(16-23(28)17-31)27-19-34-29-26(27)15-21(18-33-29)3-2-10-32-24-8-13-38-14-9-24/h2-5,15-16,18-20,24-25,32,36H,6-14H2,1H3,(H,33,34)/b3-2+/t20-/m0/s1. The van der Waals surface area contributed by atoms with Crippen molar-refractivity contribution in [2.75, 3.05) is 32.8 Å². The first-order chi connectivity index (χ1) is 19.0. The first-order valence-corrected chi connectivity index (χ1v) is 13.6. The second kappa shape index (κ2) is 12.4. The summed E-state index contributed by atoms with van der Waals surface area (Å²) in [5.74, 6) is 0.286. The number of likely N-dealkylation sites (tertiary alicyclic amines) is 1. The average molecular weight is 530 g/mol. The fourth-order valence-electron chi connectivity index (χ4n) is 5.21. The number of ether oxygens (including phenoxy) is 2. The summed E-state index contributed by atoms with van der Waals surface area (Å²) in [6.45, 7) is 4.99. The zero-order valence-electron chi connectivity index (χ0n) is 22.2. The maximum atomic E-state index is 12.0. The number of aliphatic hydroxyl groups is 1. The fourth-order valence-corrected chi connectivity index (χ4v) is 5.21. The number of benzene rings is 1. The van der Waals surface area contributed by atoms with E-state index in [-0.39, 0.29) is 12.0 Å². The molecule has 2 saturated heterocycles. The molecule has 1 aromatic carbocycles. The van der Waals surface area contributed by atoms with Crippen LogP contribution in [0.1, 0.15) is 43.7 Å². The summed E-state index contributed by atoms with van der Waals surface area (Å²) in [7, 11) is 0. The summed E-state index contributed by atoms with van der Waals surface area (Å²) < 4.78 is 11.6. The van der Waals surface area contributed by atoms with Crippen LogP contribution in [0.2, 0.25) is 0 Å². The molecule has 2 aromatic heterocycles. The van der Waals surface area contributed by atoms with Gasteiger partial charge in [0, 0.05) is 75.1 Å². The number of rotatable bonds is 8. The summed E-state index contributed by atoms with van der Waals surface area (Å²) in [4.78, 5) is 21.5. The van der Waals surface area contributed by atoms with Crippen LogP contribution in [0.5, 0.6) is 5.75 Å². The summed E-state index contributed by atoms with van der Waals surface area (Å²) in [6.07, 6.45) is 10.3. The van der Waals surface area contributed by atoms with Crippen LogP contribution in [0.3, 0.4) is 0 Å². The molecule has 1 amide bonds. The molecule has 9 nitrogen and oxygen atoms in total. The Morgan fingerprint density at radius 1 is 1.31 bits per heavy atom. The van der Waals surface area contributed by atoms with Gasteiger partial charge in [-0.3, -0.25) is 4.79 Å². The first-order valence-electron chi connectivity index (χ1n) is 13.6. The van der Waals surface area contributed by atoms with Gasteiger partial charge in [-0.05, 0) is 49.1 Å². The van der Waals surface area contributed by atoms with Crippen molar-refractivity contribution >= 4 is 23.0 Å². The molecule has 3 N–H and O–H groups in total. The van der Waals surface area contributed by atoms with E-state index in [1.54, 1.807) is 4.90 Å². The van der Waals surface area contributed by atoms with Gasteiger partial charge in [0.05, 0.1) is 5.56 Å². The molecule has 1 atom stereocenters. The van der Waals surface area contributed by atoms with Crippen molar-refractivity contribution in [1.29, 1.82) is 5.26 Å². The molecule has 2 aliphatic heterocycles. The SMILES string of the molecule is C[C@H](O)C(=O)N1CCC(Oc2ccc(-c3c[nH]c4ncc(/C=C/CNC5CCOCC5)cc34)cc2C#N)CC1. The van der Waals surface area contributed by atoms with Gasteiger partial charge in [-0.25, -0.2) is 4.98 Å². The number of piperidine rings is 1. The minimum absolute atomic E-state index is 0.0893. The Morgan fingerprint density at radius 2 is 2.10 bits per heavy atom. The van der Waals surface area contributed by atoms with E-state index in [0.29, 0.717) is 43.3 Å². The molecule has 5 rings (SSSR count). The molecule has 39 heavy (non-hydrogen) atoms. The van der Waals surface area contributed by atoms with E-state index in [9.17, 15) is 15.2 Å². The highest BCUT2D eigenvalue weighted by Gasteiger charge is 2.26. The first kappa shape index (κ1) is 26.9. The van der Waals surface area contributed by atoms with Crippen molar-refractivity contribution < 1.29 is 19.4 Å². The number of nitrogens with zero attached hydrogens (tertiary/aromatic N) is 3. The van der Waals surface area contributed by atoms with Crippen molar-refractivity contribution in [3.8, 4) is 22.9 Å². The van der Waals surface area contributed by atoms with E-state index in [0.717, 1.165) is 60.3 Å². The average Bonchev–Trinajstić information content (AvgIpc) is 3.39. The van der Waals surface area contributed by atoms with Gasteiger partial charge in [0.2, 0.25) is 0 Å². The highest BCUT2D eigenvalue weighted by molar-refractivity contribution is 5.95. The maximum absolute atomic E-state index is 12.0. The number of hydrogen-bond donors (Lipinski definition) is 3. The third kappa shape index (κ3) is 6.48. The van der Waals surface area contributed by atoms with E-state index >= 15 is 0 Å². The predicted octanol–water partition coefficient (Wildman–Crippen LogP) is 3.63. The highest BCUT2D eigenvalue weighted by atomic mass is 16.5. The lowest BCUT2D eigenvalue weighted by Gasteiger charge is -2.33. The lowest BCUT2D eigenvalue weighted by molar-refractivity contribution is -0.141. The number of H-pyrrole nitrogens is 1. The van der Waals surface area contributed by atoms with Crippen LogP contribution in [0.4, 0.5) is 0 Å². The molecule has 4 heterocycles. The van der Waals surface area contributed by atoms with Gasteiger partial charge >= 0.3 is 0 Å². The number of nitriles is 1. The largest absolute Gasteiger partial charge is 0.489 e. The Bertz CT molecular complexity index is 1360. The van der Waals surface area contributed by atoms with Crippen molar-refractivity contribution in [2.24, 2.45) is 0 Å². The van der Waals surface area contributed by atoms with E-state index in [4.69, 9.17) is 9.47 Å². The summed E-state index contributed by atoms with van der Waals surface area (Å²) in [5, 5.41) is 24.0. The number of pyridine rings is 1. The summed E-state index contributed by atoms with van der Waals surface area (Å²) in [5.41, 5.74) is 4.15. The molecule has 3 aromatic rings. The molecule has 0 aliphatic carbocycles. The number of carbonyl (C=O) groups is 1. The summed E-state index contributed by atoms with van der Waals surface area (Å²) >= 11 is 0. The zero-order valence-corrected chi connectivity index (χ0v) is 22.2. The number of carbonyl (C=O) groups excluding carboxylic acids is 1. The molecule has 204 valence electrons. The molecule has 0 radical (unpaired) electrons. The quantitative estimate of drug-likeness (QED) is 0.407. The Labute approximate surface area is 228 Å². The van der Waals surface area contributed by atoms with Crippen molar-refractivity contribution in [1.82, 2.24) is 20.2 Å². The van der Waals surface area contributed by atoms with Crippen LogP contribution in [0.25, 0.3) is 28.2 Å². The van der Waals surface area contributed by atoms with Crippen LogP contribution in [0.15, 0.2) is 42.7 Å². The molecule has 0 unspecified atom stereocenters. The topological polar surface area (TPSA) is 124 Å². The summed E-state index contributed by atoms with van der Waals surface area (Å²) in [6, 6.07) is 10.6. The minimum Gasteiger partial charge on any atom is -0.489 e. The Balaban J connectivity index is 1.26. The third-order valence-electron chi connectivity index (χ3n) is 7.42. The third-order valence-corrected chi connectivity index (χ3v) is 7.42. The van der Waals surface area contributed by atoms with Crippen LogP contribution < -0.4 is 10.1 Å². The van der Waals surface area contributed by atoms with Gasteiger partial charge < -0.3 is 29.8 Å². The highest BCUT2D eigenvalue weighted by Crippen LogP contribution is 2.33. The van der Waals surface area contributed by atoms with Crippen LogP contribution in [0, 0.1) is 11.3 Å². The van der Waals surface area contributed by atoms with Crippen molar-refractivity contribution in [2.45, 2.75) is 50.9 Å². The van der Waals surface area contributed by atoms with Gasteiger partial charge in [0.25, 0.3) is 5.91 Å². The second-order valence-electron chi connectivity index (χ2n) is 10.2. The molecular formula is C30H35N5O4. The monoisotopic (exact) mass is 529 g/mol. The van der Waals surface area contributed by atoms with E-state index in [1.165, 1.54) is 6.92 Å². The van der Waals surface area contributed by atoms with Gasteiger partial charge in [-0.2, -0.15) is 5.26 Å². The Hall–Kier alpha value is -3.71. The number of aromatic amines is 1. The second-order valence-corrected chi connectivity index (χ2v) is 10.2. The van der Waals surface area contributed by atoms with Crippen LogP contribution in [-0.4, -0.2) is 77.0 Å². The Kier molecular flexibility index (Phi) is 8.57. The maximum Gasteiger partial charge on any atom is 0.251 e. The van der Waals surface area contributed by atoms with E-state index < -0.39 is 6.10 Å². The van der Waals surface area contributed by atoms with Crippen LogP contribution in [-0.2, 0) is 9.53 Å². The van der Waals surface area contributed by atoms with Gasteiger partial charge in [0.1, 0.15) is 29.7 Å². The fraction of sp³-hybridized carbons (Fsp3) is 0.433. The molecule has 2 aliphatic rings. The lowest BCUT2D eigenvalue weighted by atomic mass is 10.0. The number of aliphatic hydroxyl groups excluding tert-OH is 1. The van der Waals surface area contributed by atoms with Gasteiger partial charge in [-0.1, -0.05) is 18.2 Å². The van der Waals surface area contributed by atoms with Gasteiger partial charge in [-0.15, -0.1) is 0 Å². The van der Waals surface area contributed by atoms with Crippen molar-refractivity contribution in [3.05, 3.63) is 53.9 Å². The molecule has 0 spiro atoms. The normalized spacial score (nSPS) is 17.9. The van der Waals surface area contributed by atoms with Crippen LogP contribution >= 0.6 is 0 Å². The number of nitrogens with one attached hydrogen (secondary N) is 2. The minimum atomic E-state index is -0.994. The van der Waals surface area contributed by atoms with Gasteiger partial charge in [0.15, 0.2) is 0 Å². The predicted molar refractivity (Wildman–Crippen MR) is 149 cm³/mol. The molecule has 2 fully saturated rings. The zero-order chi connectivity index (χ0) is 27.2. The Morgan fingerprint density at radius 3 is 2.85 bits per heavy atom. The molecule has 0 bridgehead atoms. The number of hydrogen-bond acceptors (Lipinski definition) is 7. The lowest BCUT2D eigenvalue weighted by Crippen LogP contribution is -2.45. The number of fused-ring (bicyclic) bond motifs is 1. The van der Waals surface area contributed by atoms with E-state index in [1.807, 2.05) is 30.6 Å². The smallest absolute Gasteiger partial charge is 0.251 e. The molecule has 0 saturated carbocycles. The van der Waals surface area contributed by atoms with E-state index in [2.05, 4.69) is 39.6 Å². The van der Waals surface area contributed by atoms with Crippen molar-refractivity contribution in [3.63, 3.8) is 0 Å². The number of amides is 1.